The van der Waals surface area contributed by atoms with E-state index in [0.29, 0.717) is 5.41 Å². The quantitative estimate of drug-likeness (QED) is 0.558. The lowest BCUT2D eigenvalue weighted by Crippen LogP contribution is -2.42. The maximum Gasteiger partial charge on any atom is 0.0784 e. The maximum absolute atomic E-state index is 5.30. The molecule has 0 radical (unpaired) electrons. The second-order valence-electron chi connectivity index (χ2n) is 4.47. The van der Waals surface area contributed by atoms with Crippen molar-refractivity contribution in [3.8, 4) is 0 Å². The molecule has 11 heavy (non-hydrogen) atoms. The molecule has 0 N–H and O–H groups in total. The highest BCUT2D eigenvalue weighted by atomic mass is 32.1. The first-order chi connectivity index (χ1) is 4.99. The Morgan fingerprint density at radius 2 is 1.91 bits per heavy atom. The molecule has 0 aromatic rings. The minimum absolute atomic E-state index is 0.354. The monoisotopic (exact) mass is 171 g/mol. The van der Waals surface area contributed by atoms with Crippen LogP contribution in [0.1, 0.15) is 33.6 Å². The van der Waals surface area contributed by atoms with Crippen LogP contribution in [-0.2, 0) is 0 Å². The van der Waals surface area contributed by atoms with E-state index < -0.39 is 0 Å². The van der Waals surface area contributed by atoms with Gasteiger partial charge in [0.1, 0.15) is 0 Å². The molecule has 0 aromatic heterocycles. The molecule has 0 saturated carbocycles. The third-order valence-corrected chi connectivity index (χ3v) is 2.29. The molecule has 0 aromatic carbocycles. The highest BCUT2D eigenvalue weighted by Gasteiger charge is 2.21. The molecule has 0 bridgehead atoms. The van der Waals surface area contributed by atoms with Crippen LogP contribution in [-0.4, -0.2) is 23.0 Å². The molecular weight excluding hydrogens is 154 g/mol. The topological polar surface area (TPSA) is 3.24 Å². The third kappa shape index (κ3) is 2.78. The first kappa shape index (κ1) is 8.98. The van der Waals surface area contributed by atoms with E-state index in [2.05, 4.69) is 25.7 Å². The molecule has 0 amide bonds. The Morgan fingerprint density at radius 1 is 1.36 bits per heavy atom. The normalized spacial score (nSPS) is 17.9. The predicted octanol–water partition coefficient (Wildman–Crippen LogP) is 2.46. The molecule has 0 unspecified atom stereocenters. The van der Waals surface area contributed by atoms with Gasteiger partial charge in [-0.1, -0.05) is 33.0 Å². The second-order valence-corrected chi connectivity index (χ2v) is 4.94. The van der Waals surface area contributed by atoms with Gasteiger partial charge < -0.3 is 4.90 Å². The van der Waals surface area contributed by atoms with E-state index in [4.69, 9.17) is 12.2 Å². The summed E-state index contributed by atoms with van der Waals surface area (Å²) in [5.74, 6) is 0. The van der Waals surface area contributed by atoms with Crippen molar-refractivity contribution in [3.05, 3.63) is 0 Å². The average Bonchev–Trinajstić information content (AvgIpc) is 1.50. The van der Waals surface area contributed by atoms with Gasteiger partial charge in [0, 0.05) is 19.5 Å². The zero-order valence-electron chi connectivity index (χ0n) is 7.68. The molecule has 1 saturated heterocycles. The summed E-state index contributed by atoms with van der Waals surface area (Å²) in [5, 5.41) is 0. The average molecular weight is 171 g/mol. The van der Waals surface area contributed by atoms with Crippen LogP contribution in [0.25, 0.3) is 0 Å². The van der Waals surface area contributed by atoms with Gasteiger partial charge in [-0.25, -0.2) is 0 Å². The van der Waals surface area contributed by atoms with Gasteiger partial charge in [-0.05, 0) is 11.8 Å². The number of nitrogens with zero attached hydrogens (tertiary/aromatic N) is 1. The van der Waals surface area contributed by atoms with Crippen LogP contribution < -0.4 is 0 Å². The van der Waals surface area contributed by atoms with Gasteiger partial charge >= 0.3 is 0 Å². The highest BCUT2D eigenvalue weighted by molar-refractivity contribution is 7.80. The third-order valence-electron chi connectivity index (χ3n) is 1.89. The van der Waals surface area contributed by atoms with Gasteiger partial charge in [-0.15, -0.1) is 0 Å². The van der Waals surface area contributed by atoms with Crippen LogP contribution in [0.2, 0.25) is 0 Å². The van der Waals surface area contributed by atoms with Crippen molar-refractivity contribution in [3.63, 3.8) is 0 Å². The van der Waals surface area contributed by atoms with Crippen LogP contribution in [0.4, 0.5) is 0 Å². The fourth-order valence-corrected chi connectivity index (χ4v) is 1.75. The van der Waals surface area contributed by atoms with Crippen molar-refractivity contribution in [2.75, 3.05) is 13.1 Å². The lowest BCUT2D eigenvalue weighted by molar-refractivity contribution is 0.286. The van der Waals surface area contributed by atoms with Gasteiger partial charge in [0.15, 0.2) is 0 Å². The van der Waals surface area contributed by atoms with Crippen LogP contribution in [0.3, 0.4) is 0 Å². The van der Waals surface area contributed by atoms with E-state index in [1.165, 1.54) is 19.5 Å². The Balaban J connectivity index is 2.31. The minimum atomic E-state index is 0.354. The first-order valence-electron chi connectivity index (χ1n) is 4.27. The smallest absolute Gasteiger partial charge is 0.0784 e. The summed E-state index contributed by atoms with van der Waals surface area (Å²) in [4.78, 5) is 3.46. The van der Waals surface area contributed by atoms with E-state index in [0.717, 1.165) is 11.4 Å². The van der Waals surface area contributed by atoms with E-state index in [1.807, 2.05) is 0 Å². The summed E-state index contributed by atoms with van der Waals surface area (Å²) in [6.45, 7) is 9.08. The fraction of sp³-hybridized carbons (Fsp3) is 0.889. The SMILES string of the molecule is CC(C)(C)CC(=S)N1CCC1. The van der Waals surface area contributed by atoms with E-state index in [1.54, 1.807) is 0 Å². The molecule has 0 spiro atoms. The van der Waals surface area contributed by atoms with Crippen LogP contribution in [0.15, 0.2) is 0 Å². The van der Waals surface area contributed by atoms with Gasteiger partial charge in [0.2, 0.25) is 0 Å². The van der Waals surface area contributed by atoms with Crippen LogP contribution >= 0.6 is 12.2 Å². The van der Waals surface area contributed by atoms with Gasteiger partial charge in [-0.3, -0.25) is 0 Å². The molecule has 1 fully saturated rings. The number of likely N-dealkylation sites (tertiary alicyclic amines) is 1. The van der Waals surface area contributed by atoms with Gasteiger partial charge in [0.25, 0.3) is 0 Å². The number of thiocarbonyl (C=S) groups is 1. The minimum Gasteiger partial charge on any atom is -0.366 e. The fourth-order valence-electron chi connectivity index (χ4n) is 1.13. The molecule has 0 aliphatic carbocycles. The number of hydrogen-bond donors (Lipinski definition) is 0. The zero-order chi connectivity index (χ0) is 8.48. The number of hydrogen-bond acceptors (Lipinski definition) is 1. The highest BCUT2D eigenvalue weighted by Crippen LogP contribution is 2.22. The molecule has 64 valence electrons. The molecule has 1 nitrogen and oxygen atoms in total. The van der Waals surface area contributed by atoms with Gasteiger partial charge in [0.05, 0.1) is 4.99 Å². The molecule has 1 rings (SSSR count). The number of rotatable bonds is 1. The summed E-state index contributed by atoms with van der Waals surface area (Å²) in [6, 6.07) is 0. The Hall–Kier alpha value is -0.110. The maximum atomic E-state index is 5.30. The second kappa shape index (κ2) is 3.10. The standard InChI is InChI=1S/C9H17NS/c1-9(2,3)7-8(11)10-5-4-6-10/h4-7H2,1-3H3. The predicted molar refractivity (Wildman–Crippen MR) is 52.9 cm³/mol. The Morgan fingerprint density at radius 3 is 2.18 bits per heavy atom. The summed E-state index contributed by atoms with van der Waals surface area (Å²) >= 11 is 5.30. The van der Waals surface area contributed by atoms with Crippen molar-refractivity contribution >= 4 is 17.2 Å². The zero-order valence-corrected chi connectivity index (χ0v) is 8.50. The van der Waals surface area contributed by atoms with Crippen LogP contribution in [0, 0.1) is 5.41 Å². The van der Waals surface area contributed by atoms with Crippen molar-refractivity contribution in [1.29, 1.82) is 0 Å². The molecular formula is C9H17NS. The molecule has 2 heteroatoms. The molecule has 1 heterocycles. The molecule has 1 aliphatic heterocycles. The summed E-state index contributed by atoms with van der Waals surface area (Å²) in [5.41, 5.74) is 0.354. The largest absolute Gasteiger partial charge is 0.366 e. The van der Waals surface area contributed by atoms with E-state index in [9.17, 15) is 0 Å². The Bertz CT molecular complexity index is 153. The lowest BCUT2D eigenvalue weighted by Gasteiger charge is -2.35. The Labute approximate surface area is 74.8 Å². The summed E-state index contributed by atoms with van der Waals surface area (Å²) < 4.78 is 0. The van der Waals surface area contributed by atoms with Crippen molar-refractivity contribution in [2.45, 2.75) is 33.6 Å². The summed E-state index contributed by atoms with van der Waals surface area (Å²) in [6.07, 6.45) is 2.38. The van der Waals surface area contributed by atoms with Gasteiger partial charge in [-0.2, -0.15) is 0 Å². The molecule has 1 aliphatic rings. The van der Waals surface area contributed by atoms with Crippen molar-refractivity contribution in [1.82, 2.24) is 4.90 Å². The van der Waals surface area contributed by atoms with E-state index in [-0.39, 0.29) is 0 Å². The van der Waals surface area contributed by atoms with Crippen LogP contribution in [0.5, 0.6) is 0 Å². The van der Waals surface area contributed by atoms with Crippen molar-refractivity contribution < 1.29 is 0 Å². The first-order valence-corrected chi connectivity index (χ1v) is 4.68. The van der Waals surface area contributed by atoms with E-state index >= 15 is 0 Å². The lowest BCUT2D eigenvalue weighted by atomic mass is 9.91. The molecule has 0 atom stereocenters. The Kier molecular flexibility index (Phi) is 2.53. The van der Waals surface area contributed by atoms with Crippen molar-refractivity contribution in [2.24, 2.45) is 5.41 Å². The summed E-state index contributed by atoms with van der Waals surface area (Å²) in [7, 11) is 0.